The molecule has 82 valence electrons. The normalized spacial score (nSPS) is 11.3. The van der Waals surface area contributed by atoms with Gasteiger partial charge in [-0.1, -0.05) is 11.8 Å². The number of hydrogen-bond acceptors (Lipinski definition) is 7. The first-order valence-corrected chi connectivity index (χ1v) is 4.93. The molecule has 0 aliphatic rings. The van der Waals surface area contributed by atoms with Crippen molar-refractivity contribution >= 4 is 29.4 Å². The molecule has 7 heteroatoms. The van der Waals surface area contributed by atoms with E-state index in [0.29, 0.717) is 0 Å². The van der Waals surface area contributed by atoms with E-state index < -0.39 is 10.7 Å². The standard InChI is InChI=1S/C8H12N4O2S/c1-8(2,6(13)14)15-7-11-4(9)3-5(10)12-7/h3H,1-2H3,(H,13,14)(H4,9,10,11,12)/p-1. The summed E-state index contributed by atoms with van der Waals surface area (Å²) in [7, 11) is 0. The quantitative estimate of drug-likeness (QED) is 0.515. The van der Waals surface area contributed by atoms with E-state index in [9.17, 15) is 9.90 Å². The van der Waals surface area contributed by atoms with E-state index in [1.807, 2.05) is 0 Å². The molecule has 0 atom stereocenters. The largest absolute Gasteiger partial charge is 0.549 e. The minimum atomic E-state index is -1.20. The molecule has 0 saturated carbocycles. The van der Waals surface area contributed by atoms with Crippen LogP contribution in [0.25, 0.3) is 0 Å². The molecule has 1 aromatic heterocycles. The Labute approximate surface area is 91.1 Å². The Morgan fingerprint density at radius 2 is 1.87 bits per heavy atom. The fourth-order valence-electron chi connectivity index (χ4n) is 0.777. The Morgan fingerprint density at radius 1 is 1.40 bits per heavy atom. The number of aromatic nitrogens is 2. The van der Waals surface area contributed by atoms with Gasteiger partial charge in [-0.2, -0.15) is 0 Å². The minimum Gasteiger partial charge on any atom is -0.549 e. The van der Waals surface area contributed by atoms with E-state index >= 15 is 0 Å². The van der Waals surface area contributed by atoms with Gasteiger partial charge in [0, 0.05) is 6.07 Å². The van der Waals surface area contributed by atoms with Crippen LogP contribution in [0.5, 0.6) is 0 Å². The van der Waals surface area contributed by atoms with Crippen LogP contribution in [0.2, 0.25) is 0 Å². The van der Waals surface area contributed by atoms with E-state index in [1.54, 1.807) is 0 Å². The number of thioether (sulfide) groups is 1. The molecule has 0 spiro atoms. The second-order valence-electron chi connectivity index (χ2n) is 3.40. The van der Waals surface area contributed by atoms with Gasteiger partial charge in [0.15, 0.2) is 5.16 Å². The van der Waals surface area contributed by atoms with Crippen molar-refractivity contribution < 1.29 is 9.90 Å². The van der Waals surface area contributed by atoms with Gasteiger partial charge < -0.3 is 21.4 Å². The molecule has 1 rings (SSSR count). The van der Waals surface area contributed by atoms with Crippen molar-refractivity contribution in [2.24, 2.45) is 0 Å². The Bertz CT molecular complexity index is 374. The molecular weight excluding hydrogens is 216 g/mol. The van der Waals surface area contributed by atoms with Crippen molar-refractivity contribution in [1.82, 2.24) is 9.97 Å². The van der Waals surface area contributed by atoms with Crippen molar-refractivity contribution in [3.63, 3.8) is 0 Å². The number of anilines is 2. The smallest absolute Gasteiger partial charge is 0.192 e. The Morgan fingerprint density at radius 3 is 2.27 bits per heavy atom. The molecule has 1 heterocycles. The number of nitrogen functional groups attached to an aromatic ring is 2. The maximum atomic E-state index is 10.7. The minimum absolute atomic E-state index is 0.208. The fraction of sp³-hybridized carbons (Fsp3) is 0.375. The monoisotopic (exact) mass is 227 g/mol. The summed E-state index contributed by atoms with van der Waals surface area (Å²) in [5.74, 6) is -0.782. The zero-order valence-electron chi connectivity index (χ0n) is 8.35. The lowest BCUT2D eigenvalue weighted by atomic mass is 10.2. The lowest BCUT2D eigenvalue weighted by molar-refractivity contribution is -0.308. The molecule has 0 saturated heterocycles. The first-order chi connectivity index (χ1) is 6.81. The lowest BCUT2D eigenvalue weighted by Crippen LogP contribution is -2.41. The number of carboxylic acid groups (broad SMARTS) is 1. The highest BCUT2D eigenvalue weighted by Gasteiger charge is 2.22. The number of nitrogens with two attached hydrogens (primary N) is 2. The van der Waals surface area contributed by atoms with Crippen LogP contribution in [0.1, 0.15) is 13.8 Å². The summed E-state index contributed by atoms with van der Waals surface area (Å²) in [6, 6.07) is 1.40. The number of carbonyl (C=O) groups excluding carboxylic acids is 1. The Balaban J connectivity index is 2.94. The summed E-state index contributed by atoms with van der Waals surface area (Å²) in [4.78, 5) is 18.5. The van der Waals surface area contributed by atoms with E-state index in [-0.39, 0.29) is 16.8 Å². The van der Waals surface area contributed by atoms with Gasteiger partial charge in [-0.15, -0.1) is 0 Å². The van der Waals surface area contributed by atoms with Crippen LogP contribution in [0.15, 0.2) is 11.2 Å². The second-order valence-corrected chi connectivity index (χ2v) is 4.99. The topological polar surface area (TPSA) is 118 Å². The number of carboxylic acids is 1. The van der Waals surface area contributed by atoms with Crippen LogP contribution >= 0.6 is 11.8 Å². The average molecular weight is 227 g/mol. The third kappa shape index (κ3) is 2.98. The van der Waals surface area contributed by atoms with Crippen LogP contribution in [0, 0.1) is 0 Å². The van der Waals surface area contributed by atoms with Gasteiger partial charge in [0.2, 0.25) is 0 Å². The van der Waals surface area contributed by atoms with Gasteiger partial charge in [0.05, 0.1) is 10.7 Å². The molecule has 4 N–H and O–H groups in total. The van der Waals surface area contributed by atoms with Gasteiger partial charge in [-0.05, 0) is 13.8 Å². The van der Waals surface area contributed by atoms with Crippen LogP contribution in [-0.4, -0.2) is 20.7 Å². The molecule has 0 aromatic carbocycles. The van der Waals surface area contributed by atoms with Crippen LogP contribution in [0.3, 0.4) is 0 Å². The Hall–Kier alpha value is -1.50. The van der Waals surface area contributed by atoms with Gasteiger partial charge in [-0.3, -0.25) is 0 Å². The van der Waals surface area contributed by atoms with Crippen LogP contribution < -0.4 is 16.6 Å². The average Bonchev–Trinajstić information content (AvgIpc) is 1.99. The number of rotatable bonds is 3. The third-order valence-electron chi connectivity index (χ3n) is 1.58. The molecule has 6 nitrogen and oxygen atoms in total. The molecule has 0 radical (unpaired) electrons. The van der Waals surface area contributed by atoms with Crippen LogP contribution in [0.4, 0.5) is 11.6 Å². The molecule has 0 bridgehead atoms. The van der Waals surface area contributed by atoms with Crippen molar-refractivity contribution in [3.8, 4) is 0 Å². The first kappa shape index (κ1) is 11.6. The van der Waals surface area contributed by atoms with Crippen LogP contribution in [-0.2, 0) is 4.79 Å². The van der Waals surface area contributed by atoms with Gasteiger partial charge in [0.25, 0.3) is 0 Å². The summed E-state index contributed by atoms with van der Waals surface area (Å²) >= 11 is 0.938. The van der Waals surface area contributed by atoms with Crippen molar-refractivity contribution in [2.75, 3.05) is 11.5 Å². The highest BCUT2D eigenvalue weighted by atomic mass is 32.2. The second kappa shape index (κ2) is 3.93. The lowest BCUT2D eigenvalue weighted by Gasteiger charge is -2.23. The van der Waals surface area contributed by atoms with Crippen molar-refractivity contribution in [3.05, 3.63) is 6.07 Å². The zero-order chi connectivity index (χ0) is 11.6. The first-order valence-electron chi connectivity index (χ1n) is 4.12. The molecule has 1 aromatic rings. The molecule has 0 aliphatic heterocycles. The number of nitrogens with zero attached hydrogens (tertiary/aromatic N) is 2. The maximum absolute atomic E-state index is 10.7. The predicted molar refractivity (Wildman–Crippen MR) is 55.8 cm³/mol. The number of aliphatic carboxylic acids is 1. The molecular formula is C8H11N4O2S-. The summed E-state index contributed by atoms with van der Waals surface area (Å²) in [6.45, 7) is 2.99. The van der Waals surface area contributed by atoms with E-state index in [0.717, 1.165) is 11.8 Å². The summed E-state index contributed by atoms with van der Waals surface area (Å²) in [5, 5.41) is 11.0. The van der Waals surface area contributed by atoms with Gasteiger partial charge >= 0.3 is 0 Å². The number of carbonyl (C=O) groups is 1. The molecule has 0 aliphatic carbocycles. The highest BCUT2D eigenvalue weighted by Crippen LogP contribution is 2.30. The van der Waals surface area contributed by atoms with Crippen molar-refractivity contribution in [2.45, 2.75) is 23.8 Å². The SMILES string of the molecule is CC(C)(Sc1nc(N)cc(N)n1)C(=O)[O-]. The van der Waals surface area contributed by atoms with Crippen molar-refractivity contribution in [1.29, 1.82) is 0 Å². The Kier molecular flexibility index (Phi) is 3.04. The molecule has 0 amide bonds. The fourth-order valence-corrected chi connectivity index (χ4v) is 1.62. The molecule has 0 fully saturated rings. The molecule has 0 unspecified atom stereocenters. The van der Waals surface area contributed by atoms with E-state index in [4.69, 9.17) is 11.5 Å². The number of hydrogen-bond donors (Lipinski definition) is 2. The summed E-state index contributed by atoms with van der Waals surface area (Å²) in [5.41, 5.74) is 10.9. The zero-order valence-corrected chi connectivity index (χ0v) is 9.17. The summed E-state index contributed by atoms with van der Waals surface area (Å²) < 4.78 is -1.12. The van der Waals surface area contributed by atoms with Gasteiger partial charge in [-0.25, -0.2) is 9.97 Å². The van der Waals surface area contributed by atoms with E-state index in [1.165, 1.54) is 19.9 Å². The maximum Gasteiger partial charge on any atom is 0.192 e. The third-order valence-corrected chi connectivity index (χ3v) is 2.63. The highest BCUT2D eigenvalue weighted by molar-refractivity contribution is 8.01. The van der Waals surface area contributed by atoms with Gasteiger partial charge in [0.1, 0.15) is 11.6 Å². The predicted octanol–water partition coefficient (Wildman–Crippen LogP) is -0.738. The molecule has 15 heavy (non-hydrogen) atoms. The summed E-state index contributed by atoms with van der Waals surface area (Å²) in [6.07, 6.45) is 0. The van der Waals surface area contributed by atoms with E-state index in [2.05, 4.69) is 9.97 Å².